The molecule has 1 aromatic carbocycles. The summed E-state index contributed by atoms with van der Waals surface area (Å²) >= 11 is 0. The number of ether oxygens (including phenoxy) is 1. The van der Waals surface area contributed by atoms with Gasteiger partial charge in [-0.05, 0) is 43.2 Å². The molecule has 2 aromatic rings. The number of benzene rings is 1. The SMILES string of the molecule is Cc1cccc(CN2CCO[C@@H](Cc3ccc(F)cc3)C2)n1. The van der Waals surface area contributed by atoms with Crippen LogP contribution in [0.2, 0.25) is 0 Å². The van der Waals surface area contributed by atoms with E-state index in [0.717, 1.165) is 49.6 Å². The molecule has 0 bridgehead atoms. The minimum absolute atomic E-state index is 0.157. The van der Waals surface area contributed by atoms with Gasteiger partial charge in [0, 0.05) is 25.3 Å². The van der Waals surface area contributed by atoms with Gasteiger partial charge in [0.15, 0.2) is 0 Å². The molecule has 3 nitrogen and oxygen atoms in total. The topological polar surface area (TPSA) is 25.4 Å². The van der Waals surface area contributed by atoms with E-state index in [1.165, 1.54) is 12.1 Å². The van der Waals surface area contributed by atoms with Crippen molar-refractivity contribution in [3.05, 3.63) is 65.2 Å². The number of halogens is 1. The Morgan fingerprint density at radius 2 is 2.05 bits per heavy atom. The van der Waals surface area contributed by atoms with Gasteiger partial charge >= 0.3 is 0 Å². The van der Waals surface area contributed by atoms with Crippen molar-refractivity contribution in [1.82, 2.24) is 9.88 Å². The highest BCUT2D eigenvalue weighted by atomic mass is 19.1. The van der Waals surface area contributed by atoms with E-state index in [-0.39, 0.29) is 11.9 Å². The van der Waals surface area contributed by atoms with Crippen molar-refractivity contribution >= 4 is 0 Å². The zero-order valence-electron chi connectivity index (χ0n) is 12.8. The first-order valence-electron chi connectivity index (χ1n) is 7.70. The summed E-state index contributed by atoms with van der Waals surface area (Å²) in [4.78, 5) is 6.94. The number of hydrogen-bond donors (Lipinski definition) is 0. The van der Waals surface area contributed by atoms with Crippen molar-refractivity contribution in [2.45, 2.75) is 26.0 Å². The fraction of sp³-hybridized carbons (Fsp3) is 0.389. The molecule has 116 valence electrons. The van der Waals surface area contributed by atoms with Crippen LogP contribution in [0.1, 0.15) is 17.0 Å². The van der Waals surface area contributed by atoms with Crippen LogP contribution in [-0.2, 0) is 17.7 Å². The molecule has 1 saturated heterocycles. The highest BCUT2D eigenvalue weighted by Crippen LogP contribution is 2.14. The van der Waals surface area contributed by atoms with Crippen LogP contribution in [0.15, 0.2) is 42.5 Å². The average molecular weight is 300 g/mol. The Kier molecular flexibility index (Phi) is 4.80. The molecule has 1 aliphatic heterocycles. The predicted molar refractivity (Wildman–Crippen MR) is 84.1 cm³/mol. The molecule has 4 heteroatoms. The van der Waals surface area contributed by atoms with Crippen molar-refractivity contribution in [3.63, 3.8) is 0 Å². The summed E-state index contributed by atoms with van der Waals surface area (Å²) < 4.78 is 18.8. The first-order chi connectivity index (χ1) is 10.7. The number of nitrogens with zero attached hydrogens (tertiary/aromatic N) is 2. The Balaban J connectivity index is 1.58. The number of morpholine rings is 1. The molecular formula is C18H21FN2O. The Hall–Kier alpha value is -1.78. The number of hydrogen-bond acceptors (Lipinski definition) is 3. The lowest BCUT2D eigenvalue weighted by atomic mass is 10.1. The summed E-state index contributed by atoms with van der Waals surface area (Å²) in [5, 5.41) is 0. The van der Waals surface area contributed by atoms with Crippen LogP contribution >= 0.6 is 0 Å². The zero-order valence-corrected chi connectivity index (χ0v) is 12.8. The van der Waals surface area contributed by atoms with Gasteiger partial charge in [-0.2, -0.15) is 0 Å². The number of pyridine rings is 1. The van der Waals surface area contributed by atoms with E-state index in [9.17, 15) is 4.39 Å². The maximum absolute atomic E-state index is 13.0. The van der Waals surface area contributed by atoms with Crippen LogP contribution in [0.3, 0.4) is 0 Å². The van der Waals surface area contributed by atoms with Crippen molar-refractivity contribution in [2.24, 2.45) is 0 Å². The van der Waals surface area contributed by atoms with Crippen molar-refractivity contribution < 1.29 is 9.13 Å². The van der Waals surface area contributed by atoms with E-state index >= 15 is 0 Å². The van der Waals surface area contributed by atoms with E-state index < -0.39 is 0 Å². The van der Waals surface area contributed by atoms with E-state index in [1.807, 2.05) is 31.2 Å². The van der Waals surface area contributed by atoms with Crippen molar-refractivity contribution in [3.8, 4) is 0 Å². The van der Waals surface area contributed by atoms with Gasteiger partial charge in [-0.25, -0.2) is 4.39 Å². The molecule has 0 spiro atoms. The molecule has 1 aliphatic rings. The summed E-state index contributed by atoms with van der Waals surface area (Å²) in [6.07, 6.45) is 0.974. The zero-order chi connectivity index (χ0) is 15.4. The van der Waals surface area contributed by atoms with Gasteiger partial charge in [-0.1, -0.05) is 18.2 Å². The molecule has 1 fully saturated rings. The van der Waals surface area contributed by atoms with Crippen LogP contribution in [-0.4, -0.2) is 35.7 Å². The van der Waals surface area contributed by atoms with Crippen LogP contribution in [0.5, 0.6) is 0 Å². The largest absolute Gasteiger partial charge is 0.375 e. The van der Waals surface area contributed by atoms with Gasteiger partial charge in [0.1, 0.15) is 5.82 Å². The van der Waals surface area contributed by atoms with Crippen molar-refractivity contribution in [2.75, 3.05) is 19.7 Å². The second kappa shape index (κ2) is 6.99. The van der Waals surface area contributed by atoms with E-state index in [4.69, 9.17) is 4.74 Å². The summed E-state index contributed by atoms with van der Waals surface area (Å²) in [6, 6.07) is 12.8. The third-order valence-electron chi connectivity index (χ3n) is 3.93. The molecule has 1 aromatic heterocycles. The molecule has 1 atom stereocenters. The van der Waals surface area contributed by atoms with Crippen LogP contribution in [0.25, 0.3) is 0 Å². The Labute approximate surface area is 130 Å². The summed E-state index contributed by atoms with van der Waals surface area (Å²) in [6.45, 7) is 5.41. The molecule has 0 N–H and O–H groups in total. The fourth-order valence-electron chi connectivity index (χ4n) is 2.85. The first kappa shape index (κ1) is 15.1. The minimum atomic E-state index is -0.194. The maximum atomic E-state index is 13.0. The van der Waals surface area contributed by atoms with E-state index in [0.29, 0.717) is 0 Å². The highest BCUT2D eigenvalue weighted by Gasteiger charge is 2.21. The van der Waals surface area contributed by atoms with E-state index in [1.54, 1.807) is 0 Å². The fourth-order valence-corrected chi connectivity index (χ4v) is 2.85. The monoisotopic (exact) mass is 300 g/mol. The molecular weight excluding hydrogens is 279 g/mol. The second-order valence-corrected chi connectivity index (χ2v) is 5.83. The lowest BCUT2D eigenvalue weighted by Crippen LogP contribution is -2.43. The predicted octanol–water partition coefficient (Wildman–Crippen LogP) is 2.97. The second-order valence-electron chi connectivity index (χ2n) is 5.83. The smallest absolute Gasteiger partial charge is 0.123 e. The van der Waals surface area contributed by atoms with Crippen LogP contribution in [0.4, 0.5) is 4.39 Å². The summed E-state index contributed by atoms with van der Waals surface area (Å²) in [5.74, 6) is -0.194. The minimum Gasteiger partial charge on any atom is -0.375 e. The van der Waals surface area contributed by atoms with Gasteiger partial charge < -0.3 is 4.74 Å². The van der Waals surface area contributed by atoms with Crippen LogP contribution in [0, 0.1) is 12.7 Å². The summed E-state index contributed by atoms with van der Waals surface area (Å²) in [5.41, 5.74) is 3.26. The molecule has 2 heterocycles. The first-order valence-corrected chi connectivity index (χ1v) is 7.70. The lowest BCUT2D eigenvalue weighted by molar-refractivity contribution is -0.0308. The molecule has 0 unspecified atom stereocenters. The Bertz CT molecular complexity index is 615. The third kappa shape index (κ3) is 4.12. The van der Waals surface area contributed by atoms with Gasteiger partial charge in [0.2, 0.25) is 0 Å². The molecule has 22 heavy (non-hydrogen) atoms. The molecule has 0 amide bonds. The van der Waals surface area contributed by atoms with Gasteiger partial charge in [-0.15, -0.1) is 0 Å². The summed E-state index contributed by atoms with van der Waals surface area (Å²) in [7, 11) is 0. The highest BCUT2D eigenvalue weighted by molar-refractivity contribution is 5.17. The Morgan fingerprint density at radius 1 is 1.23 bits per heavy atom. The van der Waals surface area contributed by atoms with E-state index in [2.05, 4.69) is 16.0 Å². The average Bonchev–Trinajstić information content (AvgIpc) is 2.50. The molecule has 0 radical (unpaired) electrons. The number of aryl methyl sites for hydroxylation is 1. The van der Waals surface area contributed by atoms with Crippen molar-refractivity contribution in [1.29, 1.82) is 0 Å². The quantitative estimate of drug-likeness (QED) is 0.868. The number of aromatic nitrogens is 1. The van der Waals surface area contributed by atoms with Crippen LogP contribution < -0.4 is 0 Å². The maximum Gasteiger partial charge on any atom is 0.123 e. The lowest BCUT2D eigenvalue weighted by Gasteiger charge is -2.32. The number of rotatable bonds is 4. The molecule has 0 saturated carbocycles. The van der Waals surface area contributed by atoms with Gasteiger partial charge in [0.05, 0.1) is 18.4 Å². The Morgan fingerprint density at radius 3 is 2.82 bits per heavy atom. The third-order valence-corrected chi connectivity index (χ3v) is 3.93. The van der Waals surface area contributed by atoms with Gasteiger partial charge in [0.25, 0.3) is 0 Å². The molecule has 0 aliphatic carbocycles. The normalized spacial score (nSPS) is 19.3. The molecule has 3 rings (SSSR count). The van der Waals surface area contributed by atoms with Gasteiger partial charge in [-0.3, -0.25) is 9.88 Å². The standard InChI is InChI=1S/C18H21FN2O/c1-14-3-2-4-17(20-14)12-21-9-10-22-18(13-21)11-15-5-7-16(19)8-6-15/h2-8,18H,9-13H2,1H3/t18-/m0/s1.